The largest absolute Gasteiger partial charge is 0.466 e. The van der Waals surface area contributed by atoms with Gasteiger partial charge < -0.3 is 14.8 Å². The number of amides is 3. The van der Waals surface area contributed by atoms with Crippen molar-refractivity contribution < 1.29 is 28.7 Å². The molecule has 0 aromatic rings. The van der Waals surface area contributed by atoms with Gasteiger partial charge >= 0.3 is 18.0 Å². The van der Waals surface area contributed by atoms with Crippen molar-refractivity contribution in [1.29, 1.82) is 0 Å². The number of carbonyl (C=O) groups is 4. The van der Waals surface area contributed by atoms with Gasteiger partial charge in [0.25, 0.3) is 5.91 Å². The SMILES string of the molecule is C=C(C)C(=O)OCCCCOC(=O)CCC1NC(=O)NC1=O. The lowest BCUT2D eigenvalue weighted by atomic mass is 10.1. The Morgan fingerprint density at radius 1 is 1.18 bits per heavy atom. The van der Waals surface area contributed by atoms with Gasteiger partial charge in [0, 0.05) is 12.0 Å². The fraction of sp³-hybridized carbons (Fsp3) is 0.571. The maximum Gasteiger partial charge on any atom is 0.333 e. The summed E-state index contributed by atoms with van der Waals surface area (Å²) in [6, 6.07) is -1.23. The summed E-state index contributed by atoms with van der Waals surface area (Å²) in [4.78, 5) is 44.6. The number of esters is 2. The van der Waals surface area contributed by atoms with Crippen LogP contribution in [0.3, 0.4) is 0 Å². The van der Waals surface area contributed by atoms with Crippen molar-refractivity contribution in [3.8, 4) is 0 Å². The molecule has 22 heavy (non-hydrogen) atoms. The molecule has 8 nitrogen and oxygen atoms in total. The quantitative estimate of drug-likeness (QED) is 0.276. The fourth-order valence-electron chi connectivity index (χ4n) is 1.67. The molecule has 0 saturated carbocycles. The number of urea groups is 1. The van der Waals surface area contributed by atoms with E-state index in [1.807, 2.05) is 0 Å². The number of imide groups is 1. The highest BCUT2D eigenvalue weighted by Gasteiger charge is 2.29. The van der Waals surface area contributed by atoms with E-state index in [1.54, 1.807) is 6.92 Å². The second-order valence-electron chi connectivity index (χ2n) is 4.90. The molecular formula is C14H20N2O6. The van der Waals surface area contributed by atoms with E-state index in [0.717, 1.165) is 0 Å². The van der Waals surface area contributed by atoms with E-state index in [0.29, 0.717) is 18.4 Å². The predicted octanol–water partition coefficient (Wildman–Crippen LogP) is 0.417. The number of nitrogens with one attached hydrogen (secondary N) is 2. The van der Waals surface area contributed by atoms with Gasteiger partial charge in [-0.05, 0) is 26.2 Å². The third-order valence-corrected chi connectivity index (χ3v) is 2.88. The molecule has 8 heteroatoms. The lowest BCUT2D eigenvalue weighted by Gasteiger charge is -2.08. The average Bonchev–Trinajstić information content (AvgIpc) is 2.78. The Hall–Kier alpha value is -2.38. The zero-order valence-corrected chi connectivity index (χ0v) is 12.5. The Bertz CT molecular complexity index is 474. The van der Waals surface area contributed by atoms with E-state index < -0.39 is 29.9 Å². The predicted molar refractivity (Wildman–Crippen MR) is 75.7 cm³/mol. The molecule has 122 valence electrons. The first-order valence-corrected chi connectivity index (χ1v) is 6.99. The molecule has 1 heterocycles. The van der Waals surface area contributed by atoms with Crippen molar-refractivity contribution >= 4 is 23.9 Å². The van der Waals surface area contributed by atoms with Crippen molar-refractivity contribution in [2.45, 2.75) is 38.6 Å². The molecule has 0 aromatic heterocycles. The standard InChI is InChI=1S/C14H20N2O6/c1-9(2)13(19)22-8-4-3-7-21-11(17)6-5-10-12(18)16-14(20)15-10/h10H,1,3-8H2,2H3,(H2,15,16,18,20). The van der Waals surface area contributed by atoms with E-state index >= 15 is 0 Å². The topological polar surface area (TPSA) is 111 Å². The van der Waals surface area contributed by atoms with Crippen molar-refractivity contribution in [1.82, 2.24) is 10.6 Å². The fourth-order valence-corrected chi connectivity index (χ4v) is 1.67. The van der Waals surface area contributed by atoms with Gasteiger partial charge in [-0.25, -0.2) is 9.59 Å². The Morgan fingerprint density at radius 2 is 1.82 bits per heavy atom. The van der Waals surface area contributed by atoms with Crippen molar-refractivity contribution in [2.24, 2.45) is 0 Å². The number of hydrogen-bond acceptors (Lipinski definition) is 6. The number of carbonyl (C=O) groups excluding carboxylic acids is 4. The zero-order valence-electron chi connectivity index (χ0n) is 12.5. The highest BCUT2D eigenvalue weighted by molar-refractivity contribution is 6.04. The van der Waals surface area contributed by atoms with E-state index in [9.17, 15) is 19.2 Å². The van der Waals surface area contributed by atoms with Crippen LogP contribution in [-0.2, 0) is 23.9 Å². The molecule has 3 amide bonds. The molecule has 1 rings (SSSR count). The molecule has 1 aliphatic rings. The van der Waals surface area contributed by atoms with Crippen molar-refractivity contribution in [3.05, 3.63) is 12.2 Å². The van der Waals surface area contributed by atoms with Crippen LogP contribution in [0.5, 0.6) is 0 Å². The van der Waals surface area contributed by atoms with Crippen LogP contribution in [0.15, 0.2) is 12.2 Å². The minimum absolute atomic E-state index is 0.0447. The normalized spacial score (nSPS) is 16.7. The first-order chi connectivity index (χ1) is 10.4. The molecule has 1 unspecified atom stereocenters. The molecule has 0 aromatic carbocycles. The Balaban J connectivity index is 2.02. The smallest absolute Gasteiger partial charge is 0.333 e. The number of unbranched alkanes of at least 4 members (excludes halogenated alkanes) is 1. The summed E-state index contributed by atoms with van der Waals surface area (Å²) in [6.45, 7) is 5.49. The molecule has 0 aliphatic carbocycles. The second-order valence-corrected chi connectivity index (χ2v) is 4.90. The van der Waals surface area contributed by atoms with Crippen LogP contribution < -0.4 is 10.6 Å². The highest BCUT2D eigenvalue weighted by Crippen LogP contribution is 2.04. The molecule has 2 N–H and O–H groups in total. The molecule has 1 saturated heterocycles. The first kappa shape index (κ1) is 17.7. The third-order valence-electron chi connectivity index (χ3n) is 2.88. The van der Waals surface area contributed by atoms with Crippen LogP contribution >= 0.6 is 0 Å². The maximum absolute atomic E-state index is 11.5. The number of hydrogen-bond donors (Lipinski definition) is 2. The van der Waals surface area contributed by atoms with Gasteiger partial charge in [-0.15, -0.1) is 0 Å². The van der Waals surface area contributed by atoms with E-state index in [-0.39, 0.29) is 26.1 Å². The van der Waals surface area contributed by atoms with Crippen LogP contribution in [0.25, 0.3) is 0 Å². The number of rotatable bonds is 9. The Labute approximate surface area is 128 Å². The van der Waals surface area contributed by atoms with Crippen LogP contribution in [0.4, 0.5) is 4.79 Å². The Kier molecular flexibility index (Phi) is 7.07. The van der Waals surface area contributed by atoms with E-state index in [2.05, 4.69) is 17.2 Å². The lowest BCUT2D eigenvalue weighted by molar-refractivity contribution is -0.145. The Morgan fingerprint density at radius 3 is 2.36 bits per heavy atom. The van der Waals surface area contributed by atoms with E-state index in [1.165, 1.54) is 0 Å². The summed E-state index contributed by atoms with van der Waals surface area (Å²) in [5, 5.41) is 4.48. The average molecular weight is 312 g/mol. The molecule has 0 bridgehead atoms. The third kappa shape index (κ3) is 6.38. The molecule has 1 atom stereocenters. The molecular weight excluding hydrogens is 292 g/mol. The van der Waals surface area contributed by atoms with Gasteiger partial charge in [0.15, 0.2) is 0 Å². The zero-order chi connectivity index (χ0) is 16.5. The monoisotopic (exact) mass is 312 g/mol. The summed E-state index contributed by atoms with van der Waals surface area (Å²) in [7, 11) is 0. The lowest BCUT2D eigenvalue weighted by Crippen LogP contribution is -2.29. The summed E-state index contributed by atoms with van der Waals surface area (Å²) in [5.74, 6) is -1.31. The minimum atomic E-state index is -0.679. The van der Waals surface area contributed by atoms with Gasteiger partial charge in [0.2, 0.25) is 0 Å². The van der Waals surface area contributed by atoms with Gasteiger partial charge in [-0.2, -0.15) is 0 Å². The summed E-state index contributed by atoms with van der Waals surface area (Å²) >= 11 is 0. The van der Waals surface area contributed by atoms with Gasteiger partial charge in [0.05, 0.1) is 13.2 Å². The van der Waals surface area contributed by atoms with Crippen molar-refractivity contribution in [2.75, 3.05) is 13.2 Å². The molecule has 0 radical (unpaired) electrons. The van der Waals surface area contributed by atoms with Crippen LogP contribution in [0.2, 0.25) is 0 Å². The minimum Gasteiger partial charge on any atom is -0.466 e. The molecule has 1 aliphatic heterocycles. The van der Waals surface area contributed by atoms with Gasteiger partial charge in [-0.3, -0.25) is 14.9 Å². The molecule has 0 spiro atoms. The molecule has 1 fully saturated rings. The van der Waals surface area contributed by atoms with Crippen LogP contribution in [0, 0.1) is 0 Å². The summed E-state index contributed by atoms with van der Waals surface area (Å²) < 4.78 is 9.86. The summed E-state index contributed by atoms with van der Waals surface area (Å²) in [5.41, 5.74) is 0.342. The van der Waals surface area contributed by atoms with Crippen LogP contribution in [-0.4, -0.2) is 43.1 Å². The van der Waals surface area contributed by atoms with Crippen LogP contribution in [0.1, 0.15) is 32.6 Å². The number of ether oxygens (including phenoxy) is 2. The van der Waals surface area contributed by atoms with Crippen molar-refractivity contribution in [3.63, 3.8) is 0 Å². The second kappa shape index (κ2) is 8.81. The van der Waals surface area contributed by atoms with E-state index in [4.69, 9.17) is 9.47 Å². The summed E-state index contributed by atoms with van der Waals surface area (Å²) in [6.07, 6.45) is 1.39. The highest BCUT2D eigenvalue weighted by atomic mass is 16.5. The maximum atomic E-state index is 11.5. The van der Waals surface area contributed by atoms with Gasteiger partial charge in [-0.1, -0.05) is 6.58 Å². The van der Waals surface area contributed by atoms with Gasteiger partial charge in [0.1, 0.15) is 6.04 Å². The first-order valence-electron chi connectivity index (χ1n) is 6.99.